The molecule has 0 aliphatic carbocycles. The zero-order chi connectivity index (χ0) is 19.8. The number of aryl methyl sites for hydroxylation is 1. The molecule has 3 aromatic rings. The van der Waals surface area contributed by atoms with E-state index in [0.29, 0.717) is 11.4 Å². The van der Waals surface area contributed by atoms with E-state index in [2.05, 4.69) is 63.7 Å². The Morgan fingerprint density at radius 2 is 1.57 bits per heavy atom. The molecule has 4 nitrogen and oxygen atoms in total. The van der Waals surface area contributed by atoms with Gasteiger partial charge in [0.05, 0.1) is 18.8 Å². The van der Waals surface area contributed by atoms with Crippen molar-refractivity contribution in [2.24, 2.45) is 0 Å². The van der Waals surface area contributed by atoms with E-state index in [1.165, 1.54) is 11.1 Å². The van der Waals surface area contributed by atoms with Gasteiger partial charge >= 0.3 is 0 Å². The van der Waals surface area contributed by atoms with Crippen molar-refractivity contribution in [1.29, 1.82) is 0 Å². The minimum Gasteiger partial charge on any atom is -0.354 e. The van der Waals surface area contributed by atoms with Crippen molar-refractivity contribution in [3.05, 3.63) is 89.1 Å². The van der Waals surface area contributed by atoms with Gasteiger partial charge < -0.3 is 9.80 Å². The second-order valence-corrected chi connectivity index (χ2v) is 7.00. The van der Waals surface area contributed by atoms with Gasteiger partial charge in [-0.15, -0.1) is 0 Å². The number of anilines is 3. The lowest BCUT2D eigenvalue weighted by Crippen LogP contribution is -2.35. The molecule has 0 fully saturated rings. The van der Waals surface area contributed by atoms with Crippen LogP contribution in [0.2, 0.25) is 0 Å². The molecule has 0 saturated carbocycles. The average Bonchev–Trinajstić information content (AvgIpc) is 2.98. The summed E-state index contributed by atoms with van der Waals surface area (Å²) in [5, 5.41) is 0. The summed E-state index contributed by atoms with van der Waals surface area (Å²) >= 11 is 0. The van der Waals surface area contributed by atoms with Crippen LogP contribution in [0.5, 0.6) is 0 Å². The van der Waals surface area contributed by atoms with E-state index in [4.69, 9.17) is 13.1 Å². The van der Waals surface area contributed by atoms with Crippen LogP contribution in [0.1, 0.15) is 12.5 Å². The second-order valence-electron chi connectivity index (χ2n) is 7.00. The van der Waals surface area contributed by atoms with Crippen LogP contribution in [0.4, 0.5) is 28.4 Å². The molecule has 4 rings (SSSR count). The van der Waals surface area contributed by atoms with Crippen molar-refractivity contribution in [2.75, 3.05) is 16.8 Å². The van der Waals surface area contributed by atoms with Crippen LogP contribution >= 0.6 is 0 Å². The van der Waals surface area contributed by atoms with Crippen LogP contribution in [-0.4, -0.2) is 13.2 Å². The summed E-state index contributed by atoms with van der Waals surface area (Å²) in [7, 11) is 2.03. The summed E-state index contributed by atoms with van der Waals surface area (Å²) < 4.78 is 0. The molecule has 28 heavy (non-hydrogen) atoms. The van der Waals surface area contributed by atoms with Gasteiger partial charge in [-0.05, 0) is 48.7 Å². The van der Waals surface area contributed by atoms with Crippen LogP contribution in [0, 0.1) is 20.1 Å². The zero-order valence-electron chi connectivity index (χ0n) is 16.1. The van der Waals surface area contributed by atoms with Crippen molar-refractivity contribution in [1.82, 2.24) is 0 Å². The predicted molar refractivity (Wildman–Crippen MR) is 116 cm³/mol. The first kappa shape index (κ1) is 17.6. The lowest BCUT2D eigenvalue weighted by molar-refractivity contribution is 0.733. The van der Waals surface area contributed by atoms with E-state index in [1.54, 1.807) is 6.07 Å². The first-order valence-corrected chi connectivity index (χ1v) is 9.17. The van der Waals surface area contributed by atoms with E-state index >= 15 is 0 Å². The molecule has 0 N–H and O–H groups in total. The van der Waals surface area contributed by atoms with Crippen LogP contribution in [0.25, 0.3) is 20.8 Å². The fourth-order valence-electron chi connectivity index (χ4n) is 3.90. The summed E-state index contributed by atoms with van der Waals surface area (Å²) in [6.45, 7) is 19.3. The van der Waals surface area contributed by atoms with E-state index in [-0.39, 0.29) is 6.17 Å². The lowest BCUT2D eigenvalue weighted by Gasteiger charge is -2.30. The standard InChI is InChI=1S/C24H20N4/c1-16-15-19(18-9-7-6-8-10-18)11-13-21(16)28-17(2)27(5)22-14-12-20(25-3)23(26-4)24(22)28/h6-15,17H,1-2,5H3/t17-/m0/s1. The van der Waals surface area contributed by atoms with Crippen molar-refractivity contribution in [2.45, 2.75) is 20.0 Å². The van der Waals surface area contributed by atoms with Gasteiger partial charge in [0.25, 0.3) is 0 Å². The first-order valence-electron chi connectivity index (χ1n) is 9.17. The Morgan fingerprint density at radius 3 is 2.21 bits per heavy atom. The Hall–Kier alpha value is -3.76. The molecule has 0 saturated heterocycles. The normalized spacial score (nSPS) is 15.1. The Kier molecular flexibility index (Phi) is 4.26. The maximum absolute atomic E-state index is 7.68. The van der Waals surface area contributed by atoms with Crippen LogP contribution < -0.4 is 9.80 Å². The molecule has 4 heteroatoms. The number of hydrogen-bond acceptors (Lipinski definition) is 2. The van der Waals surface area contributed by atoms with Gasteiger partial charge in [-0.1, -0.05) is 42.5 Å². The fraction of sp³-hybridized carbons (Fsp3) is 0.167. The molecule has 136 valence electrons. The number of rotatable bonds is 2. The van der Waals surface area contributed by atoms with Gasteiger partial charge in [-0.25, -0.2) is 4.85 Å². The highest BCUT2D eigenvalue weighted by Crippen LogP contribution is 2.53. The largest absolute Gasteiger partial charge is 0.354 e. The van der Waals surface area contributed by atoms with Crippen molar-refractivity contribution in [3.8, 4) is 11.1 Å². The topological polar surface area (TPSA) is 15.2 Å². The summed E-state index contributed by atoms with van der Waals surface area (Å²) in [6, 6.07) is 20.4. The van der Waals surface area contributed by atoms with Gasteiger partial charge in [-0.3, -0.25) is 4.85 Å². The quantitative estimate of drug-likeness (QED) is 0.470. The van der Waals surface area contributed by atoms with Crippen LogP contribution in [0.15, 0.2) is 60.7 Å². The average molecular weight is 364 g/mol. The Balaban J connectivity index is 1.88. The minimum absolute atomic E-state index is 0.0535. The molecule has 1 aliphatic rings. The molecule has 0 bridgehead atoms. The number of fused-ring (bicyclic) bond motifs is 1. The number of benzene rings is 3. The molecule has 0 amide bonds. The highest BCUT2D eigenvalue weighted by Gasteiger charge is 2.35. The fourth-order valence-corrected chi connectivity index (χ4v) is 3.90. The van der Waals surface area contributed by atoms with E-state index in [9.17, 15) is 0 Å². The van der Waals surface area contributed by atoms with Gasteiger partial charge in [0.1, 0.15) is 6.17 Å². The predicted octanol–water partition coefficient (Wildman–Crippen LogP) is 6.70. The number of hydrogen-bond donors (Lipinski definition) is 0. The molecular weight excluding hydrogens is 344 g/mol. The van der Waals surface area contributed by atoms with E-state index in [0.717, 1.165) is 22.6 Å². The summed E-state index contributed by atoms with van der Waals surface area (Å²) in [6.07, 6.45) is 0.0535. The molecule has 3 aromatic carbocycles. The maximum Gasteiger partial charge on any atom is 0.219 e. The number of nitrogens with zero attached hydrogens (tertiary/aromatic N) is 4. The molecule has 1 aliphatic heterocycles. The Morgan fingerprint density at radius 1 is 0.857 bits per heavy atom. The SMILES string of the molecule is [C-]#[N+]c1ccc2c(c1[N+]#[C-])N(c1ccc(-c3ccccc3)cc1C)[C@@H](C)N2C. The molecule has 0 aromatic heterocycles. The van der Waals surface area contributed by atoms with Gasteiger partial charge in [0.2, 0.25) is 5.69 Å². The van der Waals surface area contributed by atoms with Gasteiger partial charge in [-0.2, -0.15) is 0 Å². The molecule has 0 spiro atoms. The van der Waals surface area contributed by atoms with Crippen molar-refractivity contribution >= 4 is 28.4 Å². The van der Waals surface area contributed by atoms with Gasteiger partial charge in [0, 0.05) is 18.4 Å². The zero-order valence-corrected chi connectivity index (χ0v) is 16.1. The molecule has 0 unspecified atom stereocenters. The second kappa shape index (κ2) is 6.76. The van der Waals surface area contributed by atoms with Gasteiger partial charge in [0.15, 0.2) is 5.69 Å². The molecule has 1 heterocycles. The monoisotopic (exact) mass is 364 g/mol. The minimum atomic E-state index is 0.0535. The highest BCUT2D eigenvalue weighted by molar-refractivity contribution is 5.99. The Bertz CT molecular complexity index is 1140. The summed E-state index contributed by atoms with van der Waals surface area (Å²) in [5.41, 5.74) is 7.19. The van der Waals surface area contributed by atoms with E-state index in [1.807, 2.05) is 31.3 Å². The molecule has 0 radical (unpaired) electrons. The lowest BCUT2D eigenvalue weighted by atomic mass is 10.0. The molecular formula is C24H20N4. The van der Waals surface area contributed by atoms with Crippen molar-refractivity contribution in [3.63, 3.8) is 0 Å². The smallest absolute Gasteiger partial charge is 0.219 e. The highest BCUT2D eigenvalue weighted by atomic mass is 15.4. The first-order chi connectivity index (χ1) is 13.6. The Labute approximate surface area is 165 Å². The third-order valence-electron chi connectivity index (χ3n) is 5.46. The third kappa shape index (κ3) is 2.59. The molecule has 1 atom stereocenters. The third-order valence-corrected chi connectivity index (χ3v) is 5.46. The summed E-state index contributed by atoms with van der Waals surface area (Å²) in [4.78, 5) is 11.6. The maximum atomic E-state index is 7.68. The summed E-state index contributed by atoms with van der Waals surface area (Å²) in [5.74, 6) is 0. The van der Waals surface area contributed by atoms with Crippen LogP contribution in [-0.2, 0) is 0 Å². The van der Waals surface area contributed by atoms with Crippen LogP contribution in [0.3, 0.4) is 0 Å². The van der Waals surface area contributed by atoms with Crippen molar-refractivity contribution < 1.29 is 0 Å². The van der Waals surface area contributed by atoms with E-state index < -0.39 is 0 Å².